The third-order valence-electron chi connectivity index (χ3n) is 5.68. The van der Waals surface area contributed by atoms with E-state index in [2.05, 4.69) is 18.9 Å². The van der Waals surface area contributed by atoms with Crippen LogP contribution in [0.5, 0.6) is 0 Å². The van der Waals surface area contributed by atoms with Crippen LogP contribution < -0.4 is 5.73 Å². The van der Waals surface area contributed by atoms with Gasteiger partial charge in [0.2, 0.25) is 0 Å². The van der Waals surface area contributed by atoms with E-state index in [1.165, 1.54) is 57.8 Å². The van der Waals surface area contributed by atoms with Crippen LogP contribution in [-0.4, -0.2) is 30.6 Å². The smallest absolute Gasteiger partial charge is 0.0246 e. The maximum atomic E-state index is 6.07. The van der Waals surface area contributed by atoms with Gasteiger partial charge in [-0.15, -0.1) is 0 Å². The Labute approximate surface area is 113 Å². The fourth-order valence-corrected chi connectivity index (χ4v) is 4.26. The highest BCUT2D eigenvalue weighted by Gasteiger charge is 2.32. The molecule has 2 nitrogen and oxygen atoms in total. The third-order valence-corrected chi connectivity index (χ3v) is 5.68. The van der Waals surface area contributed by atoms with Gasteiger partial charge < -0.3 is 5.73 Å². The number of hydrogen-bond acceptors (Lipinski definition) is 2. The Morgan fingerprint density at radius 1 is 1.06 bits per heavy atom. The Balaban J connectivity index is 1.86. The molecule has 0 radical (unpaired) electrons. The number of nitrogens with two attached hydrogens (primary N) is 1. The molecule has 0 amide bonds. The van der Waals surface area contributed by atoms with Gasteiger partial charge in [0.25, 0.3) is 0 Å². The van der Waals surface area contributed by atoms with Crippen LogP contribution in [0.4, 0.5) is 0 Å². The zero-order valence-electron chi connectivity index (χ0n) is 12.4. The summed E-state index contributed by atoms with van der Waals surface area (Å²) < 4.78 is 0. The number of rotatable bonds is 5. The average molecular weight is 252 g/mol. The van der Waals surface area contributed by atoms with Gasteiger partial charge in [-0.1, -0.05) is 26.2 Å². The number of nitrogens with zero attached hydrogens (tertiary/aromatic N) is 1. The average Bonchev–Trinajstić information content (AvgIpc) is 2.93. The minimum Gasteiger partial charge on any atom is -0.329 e. The lowest BCUT2D eigenvalue weighted by atomic mass is 9.83. The molecule has 0 aliphatic heterocycles. The largest absolute Gasteiger partial charge is 0.329 e. The molecule has 0 aromatic rings. The second-order valence-corrected chi connectivity index (χ2v) is 6.60. The molecule has 18 heavy (non-hydrogen) atoms. The molecular weight excluding hydrogens is 220 g/mol. The van der Waals surface area contributed by atoms with Crippen molar-refractivity contribution in [3.8, 4) is 0 Å². The first-order valence-electron chi connectivity index (χ1n) is 8.18. The highest BCUT2D eigenvalue weighted by molar-refractivity contribution is 4.87. The van der Waals surface area contributed by atoms with Crippen LogP contribution in [0.2, 0.25) is 0 Å². The quantitative estimate of drug-likeness (QED) is 0.812. The van der Waals surface area contributed by atoms with Crippen LogP contribution in [0.3, 0.4) is 0 Å². The van der Waals surface area contributed by atoms with E-state index < -0.39 is 0 Å². The Morgan fingerprint density at radius 2 is 1.67 bits per heavy atom. The molecule has 2 aliphatic rings. The Bertz CT molecular complexity index is 227. The van der Waals surface area contributed by atoms with Crippen molar-refractivity contribution in [1.29, 1.82) is 0 Å². The first kappa shape index (κ1) is 14.3. The van der Waals surface area contributed by atoms with Gasteiger partial charge in [-0.2, -0.15) is 0 Å². The summed E-state index contributed by atoms with van der Waals surface area (Å²) in [7, 11) is 2.34. The van der Waals surface area contributed by atoms with E-state index in [0.29, 0.717) is 6.04 Å². The lowest BCUT2D eigenvalue weighted by Gasteiger charge is -2.41. The molecule has 2 aliphatic carbocycles. The molecular formula is C16H32N2. The maximum absolute atomic E-state index is 6.07. The summed E-state index contributed by atoms with van der Waals surface area (Å²) in [6.07, 6.45) is 12.7. The zero-order chi connectivity index (χ0) is 13.0. The van der Waals surface area contributed by atoms with E-state index in [1.54, 1.807) is 0 Å². The van der Waals surface area contributed by atoms with Gasteiger partial charge in [0.1, 0.15) is 0 Å². The summed E-state index contributed by atoms with van der Waals surface area (Å²) >= 11 is 0. The van der Waals surface area contributed by atoms with E-state index in [-0.39, 0.29) is 0 Å². The summed E-state index contributed by atoms with van der Waals surface area (Å²) in [5, 5.41) is 0. The van der Waals surface area contributed by atoms with Gasteiger partial charge in [0, 0.05) is 18.6 Å². The van der Waals surface area contributed by atoms with E-state index >= 15 is 0 Å². The zero-order valence-corrected chi connectivity index (χ0v) is 12.4. The summed E-state index contributed by atoms with van der Waals surface area (Å²) in [6.45, 7) is 3.20. The number of hydrogen-bond donors (Lipinski definition) is 1. The molecule has 1 atom stereocenters. The monoisotopic (exact) mass is 252 g/mol. The second kappa shape index (κ2) is 6.91. The molecule has 2 N–H and O–H groups in total. The summed E-state index contributed by atoms with van der Waals surface area (Å²) in [5.41, 5.74) is 6.07. The normalized spacial score (nSPS) is 32.0. The van der Waals surface area contributed by atoms with Crippen molar-refractivity contribution < 1.29 is 0 Å². The van der Waals surface area contributed by atoms with Crippen molar-refractivity contribution >= 4 is 0 Å². The van der Waals surface area contributed by atoms with Gasteiger partial charge in [-0.05, 0) is 57.4 Å². The van der Waals surface area contributed by atoms with Gasteiger partial charge >= 0.3 is 0 Å². The highest BCUT2D eigenvalue weighted by atomic mass is 15.2. The van der Waals surface area contributed by atoms with Crippen LogP contribution in [0.1, 0.15) is 64.7 Å². The third kappa shape index (κ3) is 3.27. The van der Waals surface area contributed by atoms with Gasteiger partial charge in [-0.25, -0.2) is 0 Å². The van der Waals surface area contributed by atoms with Gasteiger partial charge in [-0.3, -0.25) is 4.90 Å². The van der Waals surface area contributed by atoms with E-state index in [4.69, 9.17) is 5.73 Å². The molecule has 1 unspecified atom stereocenters. The SMILES string of the molecule is CCC1CCC(N(C)C(CN)C2CCCC2)CC1. The molecule has 0 aromatic carbocycles. The minimum atomic E-state index is 0.649. The lowest BCUT2D eigenvalue weighted by molar-refractivity contribution is 0.0907. The molecule has 0 saturated heterocycles. The van der Waals surface area contributed by atoms with E-state index in [1.807, 2.05) is 0 Å². The maximum Gasteiger partial charge on any atom is 0.0246 e. The first-order valence-corrected chi connectivity index (χ1v) is 8.18. The predicted molar refractivity (Wildman–Crippen MR) is 78.6 cm³/mol. The topological polar surface area (TPSA) is 29.3 Å². The van der Waals surface area contributed by atoms with Gasteiger partial charge in [0.15, 0.2) is 0 Å². The Kier molecular flexibility index (Phi) is 5.50. The molecule has 0 spiro atoms. The van der Waals surface area contributed by atoms with Crippen molar-refractivity contribution in [3.05, 3.63) is 0 Å². The summed E-state index contributed by atoms with van der Waals surface area (Å²) in [5.74, 6) is 1.88. The minimum absolute atomic E-state index is 0.649. The Morgan fingerprint density at radius 3 is 2.17 bits per heavy atom. The predicted octanol–water partition coefficient (Wildman–Crippen LogP) is 3.40. The van der Waals surface area contributed by atoms with Crippen LogP contribution in [0.15, 0.2) is 0 Å². The van der Waals surface area contributed by atoms with Crippen LogP contribution in [0.25, 0.3) is 0 Å². The molecule has 106 valence electrons. The lowest BCUT2D eigenvalue weighted by Crippen LogP contribution is -2.48. The molecule has 2 fully saturated rings. The van der Waals surface area contributed by atoms with Crippen molar-refractivity contribution in [1.82, 2.24) is 4.90 Å². The van der Waals surface area contributed by atoms with Crippen LogP contribution in [-0.2, 0) is 0 Å². The fraction of sp³-hybridized carbons (Fsp3) is 1.00. The van der Waals surface area contributed by atoms with Crippen molar-refractivity contribution in [2.75, 3.05) is 13.6 Å². The molecule has 0 aromatic heterocycles. The van der Waals surface area contributed by atoms with E-state index in [9.17, 15) is 0 Å². The van der Waals surface area contributed by atoms with Crippen molar-refractivity contribution in [2.24, 2.45) is 17.6 Å². The second-order valence-electron chi connectivity index (χ2n) is 6.60. The first-order chi connectivity index (χ1) is 8.76. The molecule has 2 rings (SSSR count). The molecule has 0 heterocycles. The molecule has 2 saturated carbocycles. The summed E-state index contributed by atoms with van der Waals surface area (Å²) in [6, 6.07) is 1.46. The number of likely N-dealkylation sites (N-methyl/N-ethyl adjacent to an activating group) is 1. The van der Waals surface area contributed by atoms with Crippen LogP contribution >= 0.6 is 0 Å². The fourth-order valence-electron chi connectivity index (χ4n) is 4.26. The van der Waals surface area contributed by atoms with Crippen molar-refractivity contribution in [2.45, 2.75) is 76.8 Å². The summed E-state index contributed by atoms with van der Waals surface area (Å²) in [4.78, 5) is 2.65. The Hall–Kier alpha value is -0.0800. The standard InChI is InChI=1S/C16H32N2/c1-3-13-8-10-15(11-9-13)18(2)16(12-17)14-6-4-5-7-14/h13-16H,3-12,17H2,1-2H3. The molecule has 0 bridgehead atoms. The van der Waals surface area contributed by atoms with Gasteiger partial charge in [0.05, 0.1) is 0 Å². The van der Waals surface area contributed by atoms with E-state index in [0.717, 1.165) is 24.4 Å². The van der Waals surface area contributed by atoms with Crippen molar-refractivity contribution in [3.63, 3.8) is 0 Å². The molecule has 2 heteroatoms. The van der Waals surface area contributed by atoms with Crippen LogP contribution in [0, 0.1) is 11.8 Å². The highest BCUT2D eigenvalue weighted by Crippen LogP contribution is 2.34.